The summed E-state index contributed by atoms with van der Waals surface area (Å²) in [5.41, 5.74) is 1.14. The lowest BCUT2D eigenvalue weighted by Gasteiger charge is -2.35. The van der Waals surface area contributed by atoms with E-state index in [1.807, 2.05) is 19.9 Å². The molecule has 0 aromatic heterocycles. The molecule has 10 nitrogen and oxygen atoms in total. The van der Waals surface area contributed by atoms with E-state index in [0.29, 0.717) is 35.1 Å². The number of nitrogens with one attached hydrogen (secondary N) is 1. The van der Waals surface area contributed by atoms with Crippen LogP contribution in [-0.2, 0) is 14.8 Å². The van der Waals surface area contributed by atoms with Gasteiger partial charge >= 0.3 is 0 Å². The van der Waals surface area contributed by atoms with E-state index in [1.165, 1.54) is 35.6 Å². The van der Waals surface area contributed by atoms with Gasteiger partial charge in [0.1, 0.15) is 5.75 Å². The molecular formula is C35H44ClN3O7S. The molecule has 0 aliphatic carbocycles. The molecule has 0 saturated heterocycles. The first-order valence-electron chi connectivity index (χ1n) is 15.8. The number of ether oxygens (including phenoxy) is 2. The summed E-state index contributed by atoms with van der Waals surface area (Å²) in [5, 5.41) is 13.5. The summed E-state index contributed by atoms with van der Waals surface area (Å²) in [7, 11) is -2.34. The van der Waals surface area contributed by atoms with Crippen molar-refractivity contribution in [3.63, 3.8) is 0 Å². The highest BCUT2D eigenvalue weighted by Crippen LogP contribution is 2.29. The van der Waals surface area contributed by atoms with Crippen LogP contribution in [0, 0.1) is 5.92 Å². The van der Waals surface area contributed by atoms with E-state index in [-0.39, 0.29) is 48.1 Å². The number of hydrogen-bond donors (Lipinski definition) is 2. The lowest BCUT2D eigenvalue weighted by Crippen LogP contribution is -2.48. The quantitative estimate of drug-likeness (QED) is 0.311. The molecule has 4 atom stereocenters. The minimum Gasteiger partial charge on any atom is -0.490 e. The molecule has 0 fully saturated rings. The predicted octanol–water partition coefficient (Wildman–Crippen LogP) is 5.71. The number of likely N-dealkylation sites (N-methyl/N-ethyl adjacent to an activating group) is 1. The monoisotopic (exact) mass is 685 g/mol. The number of carbonyl (C=O) groups excluding carboxylic acids is 2. The van der Waals surface area contributed by atoms with Crippen molar-refractivity contribution in [1.82, 2.24) is 9.21 Å². The van der Waals surface area contributed by atoms with Crippen molar-refractivity contribution in [2.45, 2.75) is 63.2 Å². The van der Waals surface area contributed by atoms with Crippen molar-refractivity contribution in [2.24, 2.45) is 5.92 Å². The number of sulfonamides is 1. The Morgan fingerprint density at radius 3 is 2.47 bits per heavy atom. The molecule has 0 bridgehead atoms. The molecule has 254 valence electrons. The maximum absolute atomic E-state index is 14.3. The Labute approximate surface area is 282 Å². The fourth-order valence-corrected chi connectivity index (χ4v) is 6.70. The number of hydrogen-bond acceptors (Lipinski definition) is 7. The van der Waals surface area contributed by atoms with Gasteiger partial charge in [-0.25, -0.2) is 8.42 Å². The van der Waals surface area contributed by atoms with Gasteiger partial charge in [-0.05, 0) is 87.7 Å². The molecule has 3 aromatic rings. The summed E-state index contributed by atoms with van der Waals surface area (Å²) >= 11 is 5.98. The smallest absolute Gasteiger partial charge is 0.258 e. The maximum Gasteiger partial charge on any atom is 0.258 e. The molecule has 47 heavy (non-hydrogen) atoms. The Morgan fingerprint density at radius 1 is 1.09 bits per heavy atom. The van der Waals surface area contributed by atoms with Gasteiger partial charge in [0.05, 0.1) is 35.3 Å². The second-order valence-electron chi connectivity index (χ2n) is 12.1. The summed E-state index contributed by atoms with van der Waals surface area (Å²) in [6.45, 7) is 5.89. The highest BCUT2D eigenvalue weighted by molar-refractivity contribution is 7.89. The van der Waals surface area contributed by atoms with Crippen molar-refractivity contribution in [3.8, 4) is 5.75 Å². The van der Waals surface area contributed by atoms with E-state index in [2.05, 4.69) is 5.32 Å². The van der Waals surface area contributed by atoms with E-state index in [4.69, 9.17) is 21.1 Å². The Morgan fingerprint density at radius 2 is 1.79 bits per heavy atom. The van der Waals surface area contributed by atoms with Gasteiger partial charge in [0.25, 0.3) is 11.8 Å². The van der Waals surface area contributed by atoms with Crippen molar-refractivity contribution < 1.29 is 32.6 Å². The van der Waals surface area contributed by atoms with E-state index in [1.54, 1.807) is 54.3 Å². The molecular weight excluding hydrogens is 642 g/mol. The van der Waals surface area contributed by atoms with Crippen molar-refractivity contribution in [1.29, 1.82) is 0 Å². The number of aliphatic hydroxyl groups excluding tert-OH is 1. The van der Waals surface area contributed by atoms with Crippen LogP contribution in [-0.4, -0.2) is 86.1 Å². The zero-order chi connectivity index (χ0) is 34.1. The molecule has 2 N–H and O–H groups in total. The number of nitrogens with zero attached hydrogens (tertiary/aromatic N) is 2. The minimum absolute atomic E-state index is 0.0490. The number of amides is 2. The maximum atomic E-state index is 14.3. The van der Waals surface area contributed by atoms with Crippen LogP contribution in [0.15, 0.2) is 77.7 Å². The lowest BCUT2D eigenvalue weighted by molar-refractivity contribution is -0.00834. The van der Waals surface area contributed by atoms with Gasteiger partial charge in [0.15, 0.2) is 0 Å². The number of halogens is 1. The third-order valence-corrected chi connectivity index (χ3v) is 10.4. The highest BCUT2D eigenvalue weighted by Gasteiger charge is 2.32. The third kappa shape index (κ3) is 9.55. The molecule has 0 unspecified atom stereocenters. The van der Waals surface area contributed by atoms with Crippen molar-refractivity contribution in [2.75, 3.05) is 38.7 Å². The van der Waals surface area contributed by atoms with Gasteiger partial charge in [-0.3, -0.25) is 9.59 Å². The zero-order valence-electron chi connectivity index (χ0n) is 27.3. The molecule has 1 heterocycles. The summed E-state index contributed by atoms with van der Waals surface area (Å²) < 4.78 is 40.7. The Hall–Kier alpha value is -3.48. The fraction of sp³-hybridized carbons (Fsp3) is 0.429. The summed E-state index contributed by atoms with van der Waals surface area (Å²) in [4.78, 5) is 28.9. The van der Waals surface area contributed by atoms with E-state index < -0.39 is 28.1 Å². The molecule has 0 radical (unpaired) electrons. The van der Waals surface area contributed by atoms with Crippen LogP contribution >= 0.6 is 11.6 Å². The van der Waals surface area contributed by atoms with Crippen LogP contribution in [0.5, 0.6) is 5.75 Å². The van der Waals surface area contributed by atoms with Gasteiger partial charge in [0, 0.05) is 48.9 Å². The summed E-state index contributed by atoms with van der Waals surface area (Å²) in [5.74, 6) is -0.668. The molecule has 2 amide bonds. The van der Waals surface area contributed by atoms with Crippen molar-refractivity contribution in [3.05, 3.63) is 88.9 Å². The molecule has 3 aromatic carbocycles. The first-order chi connectivity index (χ1) is 22.4. The van der Waals surface area contributed by atoms with Gasteiger partial charge in [0.2, 0.25) is 10.0 Å². The number of carbonyl (C=O) groups is 2. The number of anilines is 1. The third-order valence-electron chi connectivity index (χ3n) is 8.30. The van der Waals surface area contributed by atoms with Gasteiger partial charge < -0.3 is 24.8 Å². The van der Waals surface area contributed by atoms with Crippen LogP contribution in [0.1, 0.15) is 60.7 Å². The molecule has 12 heteroatoms. The van der Waals surface area contributed by atoms with Crippen molar-refractivity contribution >= 4 is 39.1 Å². The number of aliphatic hydroxyl groups is 1. The van der Waals surface area contributed by atoms with Gasteiger partial charge in [-0.1, -0.05) is 36.7 Å². The Kier molecular flexibility index (Phi) is 12.8. The second kappa shape index (κ2) is 16.6. The summed E-state index contributed by atoms with van der Waals surface area (Å²) in [6.07, 6.45) is 1.45. The summed E-state index contributed by atoms with van der Waals surface area (Å²) in [6, 6.07) is 19.2. The minimum atomic E-state index is -3.84. The normalized spacial score (nSPS) is 20.5. The SMILES string of the molecule is C[C@@H]1CCCCO[C@@H](CN(C)S(=O)(=O)c2ccc(Cl)cc2)[C@H](C)CN([C@@H](C)CO)C(=O)c2cc(NC(=O)c3ccccc3)ccc2O1. The van der Waals surface area contributed by atoms with Crippen LogP contribution in [0.25, 0.3) is 0 Å². The van der Waals surface area contributed by atoms with Gasteiger partial charge in [-0.2, -0.15) is 4.31 Å². The van der Waals surface area contributed by atoms with E-state index >= 15 is 0 Å². The van der Waals surface area contributed by atoms with Crippen LogP contribution < -0.4 is 10.1 Å². The predicted molar refractivity (Wildman–Crippen MR) is 183 cm³/mol. The molecule has 1 aliphatic heterocycles. The average Bonchev–Trinajstić information content (AvgIpc) is 3.06. The molecule has 0 spiro atoms. The fourth-order valence-electron chi connectivity index (χ4n) is 5.39. The van der Waals surface area contributed by atoms with Crippen LogP contribution in [0.4, 0.5) is 5.69 Å². The molecule has 0 saturated carbocycles. The first-order valence-corrected chi connectivity index (χ1v) is 17.6. The van der Waals surface area contributed by atoms with E-state index in [9.17, 15) is 23.1 Å². The first kappa shape index (κ1) is 36.4. The molecule has 1 aliphatic rings. The van der Waals surface area contributed by atoms with E-state index in [0.717, 1.165) is 12.8 Å². The number of benzene rings is 3. The Balaban J connectivity index is 1.65. The zero-order valence-corrected chi connectivity index (χ0v) is 28.8. The largest absolute Gasteiger partial charge is 0.490 e. The highest BCUT2D eigenvalue weighted by atomic mass is 35.5. The second-order valence-corrected chi connectivity index (χ2v) is 14.6. The number of rotatable bonds is 8. The average molecular weight is 686 g/mol. The molecule has 4 rings (SSSR count). The Bertz CT molecular complexity index is 1610. The topological polar surface area (TPSA) is 125 Å². The van der Waals surface area contributed by atoms with Gasteiger partial charge in [-0.15, -0.1) is 0 Å². The number of fused-ring (bicyclic) bond motifs is 1. The lowest BCUT2D eigenvalue weighted by atomic mass is 10.0. The van der Waals surface area contributed by atoms with Crippen LogP contribution in [0.3, 0.4) is 0 Å². The standard InChI is InChI=1S/C35H44ClN3O7S/c1-24-21-39(25(2)23-40)35(42)31-20-29(37-34(41)27-11-6-5-7-12-27)15-18-32(31)46-26(3)10-8-9-19-45-33(24)22-38(4)47(43,44)30-16-13-28(36)14-17-30/h5-7,11-18,20,24-26,33,40H,8-10,19,21-23H2,1-4H3,(H,37,41)/t24-,25+,26-,33+/m1/s1. The van der Waals surface area contributed by atoms with Crippen LogP contribution in [0.2, 0.25) is 5.02 Å².